The lowest BCUT2D eigenvalue weighted by atomic mass is 10.1. The van der Waals surface area contributed by atoms with Crippen LogP contribution >= 0.6 is 11.8 Å². The number of nitrogens with one attached hydrogen (secondary N) is 2. The van der Waals surface area contributed by atoms with Crippen molar-refractivity contribution in [2.75, 3.05) is 35.7 Å². The van der Waals surface area contributed by atoms with Crippen LogP contribution in [0.1, 0.15) is 32.0 Å². The lowest BCUT2D eigenvalue weighted by molar-refractivity contribution is 0.629. The molecule has 1 fully saturated rings. The van der Waals surface area contributed by atoms with Crippen LogP contribution < -0.4 is 10.6 Å². The molecule has 1 aliphatic rings. The van der Waals surface area contributed by atoms with Gasteiger partial charge < -0.3 is 10.6 Å². The molecule has 0 amide bonds. The summed E-state index contributed by atoms with van der Waals surface area (Å²) in [6.07, 6.45) is 1.32. The maximum absolute atomic E-state index is 4.57. The van der Waals surface area contributed by atoms with Gasteiger partial charge in [0.15, 0.2) is 0 Å². The number of nitrogens with zero attached hydrogens (tertiary/aromatic N) is 2. The largest absolute Gasteiger partial charge is 0.373 e. The second kappa shape index (κ2) is 6.27. The minimum Gasteiger partial charge on any atom is -0.373 e. The molecule has 1 aliphatic heterocycles. The Morgan fingerprint density at radius 2 is 2.17 bits per heavy atom. The maximum atomic E-state index is 4.57. The van der Waals surface area contributed by atoms with Gasteiger partial charge >= 0.3 is 0 Å². The molecule has 2 heterocycles. The van der Waals surface area contributed by atoms with Crippen molar-refractivity contribution in [3.63, 3.8) is 0 Å². The van der Waals surface area contributed by atoms with Gasteiger partial charge in [0.2, 0.25) is 0 Å². The maximum Gasteiger partial charge on any atom is 0.135 e. The van der Waals surface area contributed by atoms with Crippen molar-refractivity contribution < 1.29 is 0 Å². The highest BCUT2D eigenvalue weighted by molar-refractivity contribution is 7.99. The summed E-state index contributed by atoms with van der Waals surface area (Å²) in [7, 11) is 1.89. The molecule has 1 saturated heterocycles. The van der Waals surface area contributed by atoms with Gasteiger partial charge in [-0.3, -0.25) is 0 Å². The molecule has 2 rings (SSSR count). The molecule has 1 aromatic heterocycles. The molecule has 0 aromatic carbocycles. The van der Waals surface area contributed by atoms with Crippen molar-refractivity contribution in [3.05, 3.63) is 11.9 Å². The van der Waals surface area contributed by atoms with E-state index in [2.05, 4.69) is 34.4 Å². The molecule has 4 nitrogen and oxygen atoms in total. The van der Waals surface area contributed by atoms with Gasteiger partial charge in [0.1, 0.15) is 17.5 Å². The summed E-state index contributed by atoms with van der Waals surface area (Å²) in [5, 5.41) is 6.55. The quantitative estimate of drug-likeness (QED) is 0.858. The highest BCUT2D eigenvalue weighted by atomic mass is 32.2. The number of anilines is 2. The SMILES string of the molecule is CNc1cc(NCC2CCSC2)nc(C(C)C)n1. The summed E-state index contributed by atoms with van der Waals surface area (Å²) < 4.78 is 0. The second-order valence-electron chi connectivity index (χ2n) is 5.01. The topological polar surface area (TPSA) is 49.8 Å². The molecule has 18 heavy (non-hydrogen) atoms. The molecule has 0 saturated carbocycles. The summed E-state index contributed by atoms with van der Waals surface area (Å²) in [5.74, 6) is 6.42. The van der Waals surface area contributed by atoms with Gasteiger partial charge in [-0.15, -0.1) is 0 Å². The van der Waals surface area contributed by atoms with Crippen LogP contribution in [0.25, 0.3) is 0 Å². The first-order valence-electron chi connectivity index (χ1n) is 6.57. The summed E-state index contributed by atoms with van der Waals surface area (Å²) >= 11 is 2.05. The van der Waals surface area contributed by atoms with Gasteiger partial charge in [0, 0.05) is 25.6 Å². The zero-order valence-electron chi connectivity index (χ0n) is 11.4. The van der Waals surface area contributed by atoms with Crippen LogP contribution in [0.4, 0.5) is 11.6 Å². The van der Waals surface area contributed by atoms with Crippen LogP contribution in [0.5, 0.6) is 0 Å². The third-order valence-electron chi connectivity index (χ3n) is 3.11. The van der Waals surface area contributed by atoms with Crippen LogP contribution in [0.3, 0.4) is 0 Å². The molecule has 1 atom stereocenters. The van der Waals surface area contributed by atoms with E-state index in [9.17, 15) is 0 Å². The zero-order chi connectivity index (χ0) is 13.0. The average molecular weight is 266 g/mol. The van der Waals surface area contributed by atoms with Gasteiger partial charge in [-0.2, -0.15) is 11.8 Å². The molecule has 1 aromatic rings. The first-order chi connectivity index (χ1) is 8.69. The van der Waals surface area contributed by atoms with Gasteiger partial charge in [0.05, 0.1) is 0 Å². The Morgan fingerprint density at radius 3 is 2.78 bits per heavy atom. The minimum atomic E-state index is 0.348. The van der Waals surface area contributed by atoms with Gasteiger partial charge in [-0.05, 0) is 23.8 Å². The van der Waals surface area contributed by atoms with Gasteiger partial charge in [0.25, 0.3) is 0 Å². The standard InChI is InChI=1S/C13H22N4S/c1-9(2)13-16-11(14-3)6-12(17-13)15-7-10-4-5-18-8-10/h6,9-10H,4-5,7-8H2,1-3H3,(H2,14,15,16,17). The number of rotatable bonds is 5. The molecule has 1 unspecified atom stereocenters. The van der Waals surface area contributed by atoms with Crippen LogP contribution in [0.15, 0.2) is 6.07 Å². The summed E-state index contributed by atoms with van der Waals surface area (Å²) in [5.41, 5.74) is 0. The Kier molecular flexibility index (Phi) is 4.69. The Balaban J connectivity index is 2.03. The number of aromatic nitrogens is 2. The molecule has 100 valence electrons. The van der Waals surface area contributed by atoms with Crippen LogP contribution in [-0.4, -0.2) is 35.1 Å². The molecule has 0 aliphatic carbocycles. The smallest absolute Gasteiger partial charge is 0.135 e. The predicted molar refractivity (Wildman–Crippen MR) is 79.6 cm³/mol. The first kappa shape index (κ1) is 13.5. The average Bonchev–Trinajstić information content (AvgIpc) is 2.89. The Labute approximate surface area is 113 Å². The molecule has 0 radical (unpaired) electrons. The van der Waals surface area contributed by atoms with E-state index < -0.39 is 0 Å². The van der Waals surface area contributed by atoms with Crippen molar-refractivity contribution in [1.29, 1.82) is 0 Å². The van der Waals surface area contributed by atoms with E-state index in [1.165, 1.54) is 17.9 Å². The van der Waals surface area contributed by atoms with Crippen molar-refractivity contribution in [2.45, 2.75) is 26.2 Å². The summed E-state index contributed by atoms with van der Waals surface area (Å²) in [4.78, 5) is 9.04. The van der Waals surface area contributed by atoms with Gasteiger partial charge in [-0.25, -0.2) is 9.97 Å². The number of hydrogen-bond donors (Lipinski definition) is 2. The molecule has 0 spiro atoms. The van der Waals surface area contributed by atoms with E-state index in [0.717, 1.165) is 29.9 Å². The molecular formula is C13H22N4S. The summed E-state index contributed by atoms with van der Waals surface area (Å²) in [6, 6.07) is 1.98. The van der Waals surface area contributed by atoms with Gasteiger partial charge in [-0.1, -0.05) is 13.8 Å². The fourth-order valence-corrected chi connectivity index (χ4v) is 3.22. The molecule has 5 heteroatoms. The van der Waals surface area contributed by atoms with E-state index in [0.29, 0.717) is 5.92 Å². The van der Waals surface area contributed by atoms with Crippen LogP contribution in [-0.2, 0) is 0 Å². The monoisotopic (exact) mass is 266 g/mol. The second-order valence-corrected chi connectivity index (χ2v) is 6.16. The Hall–Kier alpha value is -0.970. The van der Waals surface area contributed by atoms with Crippen molar-refractivity contribution in [1.82, 2.24) is 9.97 Å². The number of thioether (sulfide) groups is 1. The van der Waals surface area contributed by atoms with E-state index in [1.54, 1.807) is 0 Å². The minimum absolute atomic E-state index is 0.348. The van der Waals surface area contributed by atoms with Crippen LogP contribution in [0.2, 0.25) is 0 Å². The lowest BCUT2D eigenvalue weighted by Crippen LogP contribution is -2.15. The van der Waals surface area contributed by atoms with Crippen molar-refractivity contribution in [2.24, 2.45) is 5.92 Å². The Bertz CT molecular complexity index is 389. The van der Waals surface area contributed by atoms with Crippen molar-refractivity contribution in [3.8, 4) is 0 Å². The van der Waals surface area contributed by atoms with E-state index >= 15 is 0 Å². The fraction of sp³-hybridized carbons (Fsp3) is 0.692. The highest BCUT2D eigenvalue weighted by Crippen LogP contribution is 2.24. The number of hydrogen-bond acceptors (Lipinski definition) is 5. The fourth-order valence-electron chi connectivity index (χ4n) is 1.94. The third kappa shape index (κ3) is 3.51. The van der Waals surface area contributed by atoms with E-state index in [4.69, 9.17) is 0 Å². The third-order valence-corrected chi connectivity index (χ3v) is 4.34. The van der Waals surface area contributed by atoms with Crippen LogP contribution in [0, 0.1) is 5.92 Å². The molecule has 0 bridgehead atoms. The molecule has 2 N–H and O–H groups in total. The molecular weight excluding hydrogens is 244 g/mol. The van der Waals surface area contributed by atoms with E-state index in [1.807, 2.05) is 24.9 Å². The first-order valence-corrected chi connectivity index (χ1v) is 7.73. The lowest BCUT2D eigenvalue weighted by Gasteiger charge is -2.13. The normalized spacial score (nSPS) is 19.2. The Morgan fingerprint density at radius 1 is 1.39 bits per heavy atom. The predicted octanol–water partition coefficient (Wildman–Crippen LogP) is 2.81. The highest BCUT2D eigenvalue weighted by Gasteiger charge is 2.15. The summed E-state index contributed by atoms with van der Waals surface area (Å²) in [6.45, 7) is 5.25. The van der Waals surface area contributed by atoms with E-state index in [-0.39, 0.29) is 0 Å². The zero-order valence-corrected chi connectivity index (χ0v) is 12.2. The van der Waals surface area contributed by atoms with Crippen molar-refractivity contribution >= 4 is 23.4 Å².